The maximum absolute atomic E-state index is 12.8. The molecule has 174 valence electrons. The van der Waals surface area contributed by atoms with Gasteiger partial charge in [0.25, 0.3) is 0 Å². The molecule has 6 aliphatic carbocycles. The average molecular weight is 635 g/mol. The van der Waals surface area contributed by atoms with Gasteiger partial charge in [0.1, 0.15) is 50.4 Å². The number of esters is 1. The van der Waals surface area contributed by atoms with Crippen LogP contribution in [0.4, 0.5) is 0 Å². The van der Waals surface area contributed by atoms with Gasteiger partial charge in [-0.2, -0.15) is 0 Å². The van der Waals surface area contributed by atoms with Crippen LogP contribution in [0.15, 0.2) is 0 Å². The van der Waals surface area contributed by atoms with E-state index in [9.17, 15) is 14.7 Å². The highest BCUT2D eigenvalue weighted by molar-refractivity contribution is 6.78. The first-order valence-electron chi connectivity index (χ1n) is 9.14. The van der Waals surface area contributed by atoms with Crippen molar-refractivity contribution in [2.75, 3.05) is 6.61 Å². The average Bonchev–Trinajstić information content (AvgIpc) is 2.90. The van der Waals surface area contributed by atoms with E-state index in [1.54, 1.807) is 6.92 Å². The summed E-state index contributed by atoms with van der Waals surface area (Å²) < 4.78 is 2.73. The molecule has 4 nitrogen and oxygen atoms in total. The number of aliphatic hydroxyl groups is 1. The molecule has 31 heavy (non-hydrogen) atoms. The zero-order chi connectivity index (χ0) is 23.7. The van der Waals surface area contributed by atoms with E-state index in [0.29, 0.717) is 0 Å². The Labute approximate surface area is 227 Å². The van der Waals surface area contributed by atoms with Gasteiger partial charge >= 0.3 is 5.97 Å². The van der Waals surface area contributed by atoms with Gasteiger partial charge < -0.3 is 9.84 Å². The number of ether oxygens (including phenoxy) is 1. The fourth-order valence-corrected chi connectivity index (χ4v) is 16.1. The Balaban J connectivity index is 1.63. The van der Waals surface area contributed by atoms with Crippen LogP contribution in [0, 0.1) is 0 Å². The predicted octanol–water partition coefficient (Wildman–Crippen LogP) is 5.08. The summed E-state index contributed by atoms with van der Waals surface area (Å²) in [7, 11) is 0. The molecule has 6 fully saturated rings. The Bertz CT molecular complexity index is 900. The summed E-state index contributed by atoms with van der Waals surface area (Å²) in [6, 6.07) is 0. The second kappa shape index (κ2) is 5.77. The van der Waals surface area contributed by atoms with Crippen molar-refractivity contribution in [1.82, 2.24) is 0 Å². The minimum atomic E-state index is -2.36. The lowest BCUT2D eigenvalue weighted by atomic mass is 9.41. The van der Waals surface area contributed by atoms with E-state index in [2.05, 4.69) is 0 Å². The van der Waals surface area contributed by atoms with Crippen LogP contribution in [-0.2, 0) is 14.3 Å². The highest BCUT2D eigenvalue weighted by Gasteiger charge is 3.32. The number of hydrogen-bond donors (Lipinski definition) is 1. The number of rotatable bonds is 6. The molecular formula is C17H12Cl10O4. The largest absolute Gasteiger partial charge is 0.466 e. The van der Waals surface area contributed by atoms with Crippen molar-refractivity contribution in [2.24, 2.45) is 0 Å². The van der Waals surface area contributed by atoms with Crippen molar-refractivity contribution in [2.45, 2.75) is 75.1 Å². The number of Topliss-reactive ketones (excluding diaryl/α,β-unsaturated/α-hetero) is 1. The second-order valence-electron chi connectivity index (χ2n) is 8.72. The fourth-order valence-electron chi connectivity index (χ4n) is 7.24. The number of carbonyl (C=O) groups is 2. The molecule has 0 aromatic heterocycles. The first-order chi connectivity index (χ1) is 13.8. The van der Waals surface area contributed by atoms with Gasteiger partial charge in [0, 0.05) is 12.8 Å². The SMILES string of the molecule is CCOC(=O)CCC(=O)CC1(O)C2(Cl)[C@]3(Cl)C4(Cl)C(Cl)(Cl)C5(Cl)[C@@]3(Cl)C1(Cl)[C@]5(Cl)[C@@]42Cl. The molecule has 0 aromatic rings. The van der Waals surface area contributed by atoms with Crippen LogP contribution in [0.25, 0.3) is 0 Å². The molecule has 6 saturated carbocycles. The number of ketones is 1. The van der Waals surface area contributed by atoms with Gasteiger partial charge in [-0.15, -0.1) is 92.8 Å². The maximum atomic E-state index is 12.8. The van der Waals surface area contributed by atoms with Gasteiger partial charge in [0.15, 0.2) is 4.33 Å². The quantitative estimate of drug-likeness (QED) is 0.327. The first-order valence-corrected chi connectivity index (χ1v) is 12.9. The van der Waals surface area contributed by atoms with E-state index >= 15 is 0 Å². The minimum Gasteiger partial charge on any atom is -0.466 e. The van der Waals surface area contributed by atoms with Gasteiger partial charge in [0.2, 0.25) is 0 Å². The normalized spacial score (nSPS) is 63.1. The summed E-state index contributed by atoms with van der Waals surface area (Å²) in [6.07, 6.45) is -1.14. The third-order valence-corrected chi connectivity index (χ3v) is 17.5. The lowest BCUT2D eigenvalue weighted by Crippen LogP contribution is -3.03. The minimum absolute atomic E-state index is 0.161. The van der Waals surface area contributed by atoms with Crippen LogP contribution in [0.1, 0.15) is 26.2 Å². The Kier molecular flexibility index (Phi) is 4.59. The van der Waals surface area contributed by atoms with Crippen molar-refractivity contribution in [3.05, 3.63) is 0 Å². The smallest absolute Gasteiger partial charge is 0.306 e. The van der Waals surface area contributed by atoms with Crippen molar-refractivity contribution in [3.8, 4) is 0 Å². The van der Waals surface area contributed by atoms with E-state index in [1.165, 1.54) is 0 Å². The Morgan fingerprint density at radius 2 is 1.06 bits per heavy atom. The van der Waals surface area contributed by atoms with Crippen molar-refractivity contribution >= 4 is 128 Å². The molecule has 14 heteroatoms. The van der Waals surface area contributed by atoms with Gasteiger partial charge in [-0.25, -0.2) is 0 Å². The van der Waals surface area contributed by atoms with Gasteiger partial charge in [0.05, 0.1) is 13.0 Å². The number of alkyl halides is 10. The first kappa shape index (κ1) is 24.7. The summed E-state index contributed by atoms with van der Waals surface area (Å²) in [5.41, 5.74) is -2.36. The summed E-state index contributed by atoms with van der Waals surface area (Å²) >= 11 is 68.7. The van der Waals surface area contributed by atoms with Gasteiger partial charge in [-0.1, -0.05) is 23.2 Å². The number of hydrogen-bond acceptors (Lipinski definition) is 4. The molecule has 0 aliphatic heterocycles. The molecule has 9 atom stereocenters. The van der Waals surface area contributed by atoms with Crippen LogP contribution in [0.3, 0.4) is 0 Å². The highest BCUT2D eigenvalue weighted by Crippen LogP contribution is 3.12. The molecule has 4 bridgehead atoms. The summed E-state index contributed by atoms with van der Waals surface area (Å²) in [5.74, 6) is -1.15. The number of carbonyl (C=O) groups excluding carboxylic acids is 2. The van der Waals surface area contributed by atoms with E-state index < -0.39 is 67.1 Å². The molecule has 0 saturated heterocycles. The molecule has 0 amide bonds. The molecule has 5 unspecified atom stereocenters. The molecular weight excluding hydrogens is 623 g/mol. The Morgan fingerprint density at radius 3 is 1.42 bits per heavy atom. The molecule has 0 radical (unpaired) electrons. The molecule has 6 rings (SSSR count). The van der Waals surface area contributed by atoms with E-state index in [1.807, 2.05) is 0 Å². The van der Waals surface area contributed by atoms with Crippen LogP contribution in [0.5, 0.6) is 0 Å². The van der Waals surface area contributed by atoms with Crippen LogP contribution in [0.2, 0.25) is 0 Å². The fraction of sp³-hybridized carbons (Fsp3) is 0.882. The van der Waals surface area contributed by atoms with Gasteiger partial charge in [-0.3, -0.25) is 9.59 Å². The zero-order valence-electron chi connectivity index (χ0n) is 15.3. The summed E-state index contributed by atoms with van der Waals surface area (Å²) in [4.78, 5) is 7.97. The Morgan fingerprint density at radius 1 is 0.677 bits per heavy atom. The Hall–Kier alpha value is 2.00. The van der Waals surface area contributed by atoms with Crippen LogP contribution in [-0.4, -0.2) is 72.4 Å². The predicted molar refractivity (Wildman–Crippen MR) is 124 cm³/mol. The summed E-state index contributed by atoms with van der Waals surface area (Å²) in [6.45, 7) is 1.79. The third kappa shape index (κ3) is 1.45. The van der Waals surface area contributed by atoms with E-state index in [4.69, 9.17) is 121 Å². The van der Waals surface area contributed by atoms with E-state index in [0.717, 1.165) is 0 Å². The third-order valence-electron chi connectivity index (χ3n) is 8.12. The zero-order valence-corrected chi connectivity index (χ0v) is 22.8. The molecule has 1 N–H and O–H groups in total. The number of halogens is 10. The van der Waals surface area contributed by atoms with E-state index in [-0.39, 0.29) is 19.4 Å². The molecule has 0 heterocycles. The topological polar surface area (TPSA) is 63.6 Å². The highest BCUT2D eigenvalue weighted by atomic mass is 35.5. The lowest BCUT2D eigenvalue weighted by molar-refractivity contribution is -0.145. The van der Waals surface area contributed by atoms with Crippen molar-refractivity contribution in [1.29, 1.82) is 0 Å². The molecule has 6 aliphatic rings. The standard InChI is InChI=1S/C17H12Cl10O4/c1-2-31-7(29)4-3-6(28)5-8(30)9(18)11(20)13(22)10(8,19)14(23)12(9,21)15(11,24)17(26,27)16(13,14)25/h30H,2-5H2,1H3/t8?,9?,10?,11-,12-,13-,14+,15?,16?/m1/s1. The van der Waals surface area contributed by atoms with Crippen LogP contribution >= 0.6 is 116 Å². The summed E-state index contributed by atoms with van der Waals surface area (Å²) in [5, 5.41) is 11.9. The van der Waals surface area contributed by atoms with Crippen LogP contribution < -0.4 is 0 Å². The van der Waals surface area contributed by atoms with Crippen molar-refractivity contribution in [3.63, 3.8) is 0 Å². The monoisotopic (exact) mass is 630 g/mol. The molecule has 0 spiro atoms. The second-order valence-corrected chi connectivity index (χ2v) is 14.6. The van der Waals surface area contributed by atoms with Gasteiger partial charge in [-0.05, 0) is 6.92 Å². The maximum Gasteiger partial charge on any atom is 0.306 e. The molecule has 0 aromatic carbocycles. The lowest BCUT2D eigenvalue weighted by Gasteiger charge is -2.81. The van der Waals surface area contributed by atoms with Crippen molar-refractivity contribution < 1.29 is 19.4 Å².